The number of pyridine rings is 8. The van der Waals surface area contributed by atoms with Crippen LogP contribution in [-0.4, -0.2) is 105 Å². The molecule has 0 atom stereocenters. The van der Waals surface area contributed by atoms with Crippen molar-refractivity contribution in [3.63, 3.8) is 0 Å². The zero-order valence-corrected chi connectivity index (χ0v) is 85.7. The third-order valence-corrected chi connectivity index (χ3v) is 26.7. The lowest BCUT2D eigenvalue weighted by Crippen LogP contribution is -2.14. The minimum absolute atomic E-state index is 0.0160. The highest BCUT2D eigenvalue weighted by molar-refractivity contribution is 7.91. The molecule has 18 aromatic rings. The summed E-state index contributed by atoms with van der Waals surface area (Å²) in [5.41, 5.74) is 13.8. The van der Waals surface area contributed by atoms with Crippen molar-refractivity contribution in [2.45, 2.75) is 16.7 Å². The molecule has 24 nitrogen and oxygen atoms in total. The van der Waals surface area contributed by atoms with Crippen LogP contribution < -0.4 is 31.9 Å². The van der Waals surface area contributed by atoms with E-state index in [4.69, 9.17) is 116 Å². The Labute approximate surface area is 886 Å². The van der Waals surface area contributed by atoms with Gasteiger partial charge in [0.1, 0.15) is 10.3 Å². The molecule has 145 heavy (non-hydrogen) atoms. The molecule has 0 radical (unpaired) electrons. The topological polar surface area (TPSA) is 346 Å². The number of aryl methyl sites for hydroxylation is 1. The highest BCUT2D eigenvalue weighted by Crippen LogP contribution is 2.38. The standard InChI is InChI=1S/C19H14Cl2N2O3S.C19H15ClN2O3S.C18H12Cl2N2O.C17H10Cl3N3O.C17H11ClFN3O.C17H13ClN2OS/c1-27(25,26)13-6-8-17(21)15(11-13)19(24)23-12-5-7-16(20)14(10-12)18-4-2-3-9-22-18;1-26(24,25)15-6-4-5-13(11-15)19(23)22-14-8-9-17(20)16(12-14)18-7-2-3-10-21-18;19-15-6-2-1-5-13(15)18(23)22-12-8-9-16(20)14(11-12)17-7-3-4-10-21-17;18-13-6-4-10(9-12(13)14-3-1-2-8-21-14)22-17(24)11-5-7-15(19)23-16(11)20;18-14-7-6-11(10-13(14)15-5-1-2-8-20-15)22-17(23)12-4-3-9-21-16(12)19;1-11-7-9-22-16(11)17(21)20-12-5-6-14(18)13(10-12)15-4-2-3-8-19-15/h2-11H,1H3,(H,23,24);2-12H,1H3,(H,22,23);1-11H,(H,22,23);1-9H,(H,22,24);1-10H,(H,22,23);2-10H,1H3,(H,20,21). The summed E-state index contributed by atoms with van der Waals surface area (Å²) < 4.78 is 60.3. The monoisotopic (exact) mass is 2180 g/mol. The molecule has 0 saturated heterocycles. The fraction of sp³-hybridized carbons (Fsp3) is 0.0280. The second kappa shape index (κ2) is 51.1. The van der Waals surface area contributed by atoms with Gasteiger partial charge >= 0.3 is 0 Å². The summed E-state index contributed by atoms with van der Waals surface area (Å²) in [5, 5.41) is 22.5. The molecule has 0 saturated carbocycles. The Kier molecular flexibility index (Phi) is 37.9. The lowest BCUT2D eigenvalue weighted by Gasteiger charge is -2.11. The number of hydrogen-bond acceptors (Lipinski definition) is 19. The number of nitrogens with zero attached hydrogens (tertiary/aromatic N) is 8. The van der Waals surface area contributed by atoms with Crippen LogP contribution in [0.25, 0.3) is 67.5 Å². The summed E-state index contributed by atoms with van der Waals surface area (Å²) in [7, 11) is -6.85. The first kappa shape index (κ1) is 108. The number of aromatic nitrogens is 8. The molecule has 0 aliphatic heterocycles. The minimum Gasteiger partial charge on any atom is -0.322 e. The number of anilines is 6. The molecule has 9 heterocycles. The van der Waals surface area contributed by atoms with E-state index < -0.39 is 49.3 Å². The molecular weight excluding hydrogens is 2110 g/mol. The maximum atomic E-state index is 13.5. The van der Waals surface area contributed by atoms with E-state index >= 15 is 0 Å². The van der Waals surface area contributed by atoms with Gasteiger partial charge in [0, 0.05) is 129 Å². The molecule has 18 rings (SSSR count). The number of sulfone groups is 2. The molecule has 0 fully saturated rings. The molecule has 0 bridgehead atoms. The second-order valence-electron chi connectivity index (χ2n) is 30.6. The number of amides is 6. The molecule has 728 valence electrons. The number of rotatable bonds is 20. The first-order valence-electron chi connectivity index (χ1n) is 42.7. The van der Waals surface area contributed by atoms with Gasteiger partial charge in [-0.25, -0.2) is 26.8 Å². The quantitative estimate of drug-likeness (QED) is 0.0386. The van der Waals surface area contributed by atoms with Crippen molar-refractivity contribution in [1.29, 1.82) is 0 Å². The molecule has 6 N–H and O–H groups in total. The van der Waals surface area contributed by atoms with Crippen LogP contribution in [0, 0.1) is 12.9 Å². The smallest absolute Gasteiger partial charge is 0.265 e. The predicted octanol–water partition coefficient (Wildman–Crippen LogP) is 28.6. The first-order chi connectivity index (χ1) is 69.6. The molecular formula is C107H75Cl10FN14O10S3. The normalized spacial score (nSPS) is 10.7. The van der Waals surface area contributed by atoms with E-state index in [-0.39, 0.29) is 59.2 Å². The molecule has 0 unspecified atom stereocenters. The fourth-order valence-electron chi connectivity index (χ4n) is 13.3. The molecule has 6 amide bonds. The predicted molar refractivity (Wildman–Crippen MR) is 579 cm³/mol. The summed E-state index contributed by atoms with van der Waals surface area (Å²) in [5.74, 6) is -3.11. The Morgan fingerprint density at radius 3 is 0.924 bits per heavy atom. The van der Waals surface area contributed by atoms with Gasteiger partial charge in [0.25, 0.3) is 35.4 Å². The van der Waals surface area contributed by atoms with Crippen LogP contribution in [0.1, 0.15) is 67.0 Å². The van der Waals surface area contributed by atoms with Gasteiger partial charge in [-0.1, -0.05) is 171 Å². The van der Waals surface area contributed by atoms with Gasteiger partial charge in [-0.3, -0.25) is 58.7 Å². The number of thiophene rings is 1. The molecule has 38 heteroatoms. The number of carbonyl (C=O) groups excluding carboxylic acids is 6. The number of halogens is 11. The average Bonchev–Trinajstić information content (AvgIpc) is 1.49. The van der Waals surface area contributed by atoms with E-state index in [2.05, 4.69) is 71.8 Å². The lowest BCUT2D eigenvalue weighted by atomic mass is 10.1. The summed E-state index contributed by atoms with van der Waals surface area (Å²) >= 11 is 62.6. The van der Waals surface area contributed by atoms with E-state index in [1.807, 2.05) is 109 Å². The molecule has 0 aliphatic rings. The lowest BCUT2D eigenvalue weighted by molar-refractivity contribution is 0.101. The zero-order chi connectivity index (χ0) is 103. The largest absolute Gasteiger partial charge is 0.322 e. The van der Waals surface area contributed by atoms with E-state index in [1.165, 1.54) is 78.2 Å². The Bertz CT molecular complexity index is 7880. The van der Waals surface area contributed by atoms with Crippen LogP contribution >= 0.6 is 127 Å². The second-order valence-corrected chi connectivity index (χ2v) is 39.6. The van der Waals surface area contributed by atoms with Crippen molar-refractivity contribution in [3.8, 4) is 67.5 Å². The third kappa shape index (κ3) is 30.3. The Morgan fingerprint density at radius 2 is 0.586 bits per heavy atom. The van der Waals surface area contributed by atoms with Crippen LogP contribution in [0.2, 0.25) is 50.5 Å². The van der Waals surface area contributed by atoms with E-state index in [9.17, 15) is 50.0 Å². The van der Waals surface area contributed by atoms with E-state index in [0.717, 1.165) is 46.2 Å². The van der Waals surface area contributed by atoms with Gasteiger partial charge in [-0.15, -0.1) is 11.3 Å². The molecule has 9 aromatic heterocycles. The minimum atomic E-state index is -3.46. The molecule has 0 aliphatic carbocycles. The van der Waals surface area contributed by atoms with Crippen molar-refractivity contribution in [2.75, 3.05) is 44.4 Å². The van der Waals surface area contributed by atoms with Gasteiger partial charge in [0.2, 0.25) is 5.95 Å². The van der Waals surface area contributed by atoms with Gasteiger partial charge in [0.05, 0.1) is 111 Å². The Morgan fingerprint density at radius 1 is 0.276 bits per heavy atom. The highest BCUT2D eigenvalue weighted by atomic mass is 35.5. The molecule has 0 spiro atoms. The van der Waals surface area contributed by atoms with E-state index in [1.54, 1.807) is 195 Å². The van der Waals surface area contributed by atoms with E-state index in [0.29, 0.717) is 119 Å². The van der Waals surface area contributed by atoms with Gasteiger partial charge in [-0.2, -0.15) is 4.39 Å². The van der Waals surface area contributed by atoms with Crippen LogP contribution in [0.5, 0.6) is 0 Å². The number of carbonyl (C=O) groups is 6. The summed E-state index contributed by atoms with van der Waals surface area (Å²) in [6, 6.07) is 88.5. The van der Waals surface area contributed by atoms with Crippen LogP contribution in [-0.2, 0) is 19.7 Å². The maximum absolute atomic E-state index is 13.5. The van der Waals surface area contributed by atoms with Crippen molar-refractivity contribution in [3.05, 3.63) is 459 Å². The Hall–Kier alpha value is -14.6. The van der Waals surface area contributed by atoms with Crippen LogP contribution in [0.15, 0.2) is 374 Å². The SMILES string of the molecule is CS(=O)(=O)c1ccc(Cl)c(C(=O)Nc2ccc(Cl)c(-c3ccccn3)c2)c1.CS(=O)(=O)c1cccc(C(=O)Nc2ccc(Cl)c(-c3ccccn3)c2)c1.Cc1ccsc1C(=O)Nc1ccc(Cl)c(-c2ccccn2)c1.O=C(Nc1ccc(Cl)c(-c2ccccn2)c1)c1ccc(Cl)nc1Cl.O=C(Nc1ccc(Cl)c(-c2ccccn2)c1)c1ccccc1Cl.O=C(Nc1ccc(Cl)c(-c2ccccn2)c1)c1cccnc1F. The first-order valence-corrected chi connectivity index (χ1v) is 51.2. The van der Waals surface area contributed by atoms with Crippen molar-refractivity contribution >= 4 is 217 Å². The zero-order valence-electron chi connectivity index (χ0n) is 75.7. The fourth-order valence-corrected chi connectivity index (χ4v) is 17.6. The van der Waals surface area contributed by atoms with Gasteiger partial charge in [0.15, 0.2) is 19.7 Å². The van der Waals surface area contributed by atoms with Crippen LogP contribution in [0.4, 0.5) is 38.5 Å². The number of nitrogens with one attached hydrogen (secondary N) is 6. The van der Waals surface area contributed by atoms with Gasteiger partial charge < -0.3 is 31.9 Å². The summed E-state index contributed by atoms with van der Waals surface area (Å²) in [4.78, 5) is 108. The van der Waals surface area contributed by atoms with Crippen molar-refractivity contribution < 1.29 is 50.0 Å². The van der Waals surface area contributed by atoms with Crippen molar-refractivity contribution in [2.24, 2.45) is 0 Å². The van der Waals surface area contributed by atoms with Gasteiger partial charge in [-0.05, 0) is 279 Å². The Balaban J connectivity index is 0.000000146. The highest BCUT2D eigenvalue weighted by Gasteiger charge is 2.23. The van der Waals surface area contributed by atoms with Crippen molar-refractivity contribution in [1.82, 2.24) is 39.9 Å². The maximum Gasteiger partial charge on any atom is 0.265 e. The molecule has 9 aromatic carbocycles. The summed E-state index contributed by atoms with van der Waals surface area (Å²) in [6.07, 6.45) is 13.5. The number of benzene rings is 9. The third-order valence-electron chi connectivity index (χ3n) is 20.4. The number of hydrogen-bond donors (Lipinski definition) is 6. The van der Waals surface area contributed by atoms with Crippen LogP contribution in [0.3, 0.4) is 0 Å². The summed E-state index contributed by atoms with van der Waals surface area (Å²) in [6.45, 7) is 1.92. The average molecular weight is 2190 g/mol.